The van der Waals surface area contributed by atoms with Crippen molar-refractivity contribution >= 4 is 18.7 Å². The number of rotatable bonds is 5. The molecule has 0 radical (unpaired) electrons. The number of allylic oxidation sites excluding steroid dienone is 1. The van der Waals surface area contributed by atoms with Gasteiger partial charge in [0.2, 0.25) is 0 Å². The van der Waals surface area contributed by atoms with Crippen LogP contribution in [-0.2, 0) is 0 Å². The van der Waals surface area contributed by atoms with E-state index in [9.17, 15) is 0 Å². The monoisotopic (exact) mass is 224 g/mol. The molecule has 3 heteroatoms. The third-order valence-electron chi connectivity index (χ3n) is 2.01. The van der Waals surface area contributed by atoms with Gasteiger partial charge in [0.1, 0.15) is 0 Å². The van der Waals surface area contributed by atoms with Crippen LogP contribution in [0.1, 0.15) is 12.0 Å². The molecule has 0 saturated carbocycles. The summed E-state index contributed by atoms with van der Waals surface area (Å²) < 4.78 is 10.4. The summed E-state index contributed by atoms with van der Waals surface area (Å²) in [6.07, 6.45) is 5.11. The molecule has 0 bridgehead atoms. The number of ether oxygens (including phenoxy) is 2. The maximum absolute atomic E-state index is 5.21. The van der Waals surface area contributed by atoms with Crippen LogP contribution in [0.5, 0.6) is 11.5 Å². The highest BCUT2D eigenvalue weighted by Crippen LogP contribution is 2.27. The second-order valence-corrected chi connectivity index (χ2v) is 3.48. The summed E-state index contributed by atoms with van der Waals surface area (Å²) in [5, 5.41) is 0. The number of hydrogen-bond acceptors (Lipinski definition) is 3. The predicted octanol–water partition coefficient (Wildman–Crippen LogP) is 3.04. The molecule has 0 saturated heterocycles. The molecule has 0 spiro atoms. The van der Waals surface area contributed by atoms with Crippen molar-refractivity contribution in [3.63, 3.8) is 0 Å². The smallest absolute Gasteiger partial charge is 0.161 e. The van der Waals surface area contributed by atoms with Crippen LogP contribution < -0.4 is 9.47 Å². The van der Waals surface area contributed by atoms with Crippen LogP contribution >= 0.6 is 12.6 Å². The van der Waals surface area contributed by atoms with E-state index in [1.807, 2.05) is 18.2 Å². The van der Waals surface area contributed by atoms with Crippen molar-refractivity contribution in [3.8, 4) is 11.5 Å². The lowest BCUT2D eigenvalue weighted by atomic mass is 10.2. The summed E-state index contributed by atoms with van der Waals surface area (Å²) in [5.41, 5.74) is 1.11. The number of thiol groups is 1. The van der Waals surface area contributed by atoms with Gasteiger partial charge in [0.15, 0.2) is 11.5 Å². The summed E-state index contributed by atoms with van der Waals surface area (Å²) in [4.78, 5) is 0. The maximum atomic E-state index is 5.21. The largest absolute Gasteiger partial charge is 0.493 e. The summed E-state index contributed by atoms with van der Waals surface area (Å²) in [7, 11) is 3.27. The van der Waals surface area contributed by atoms with E-state index in [2.05, 4.69) is 24.8 Å². The quantitative estimate of drug-likeness (QED) is 0.775. The molecular formula is C12H16O2S. The highest BCUT2D eigenvalue weighted by Gasteiger charge is 2.01. The molecule has 0 N–H and O–H groups in total. The van der Waals surface area contributed by atoms with Gasteiger partial charge >= 0.3 is 0 Å². The van der Waals surface area contributed by atoms with Gasteiger partial charge in [0.25, 0.3) is 0 Å². The molecule has 1 aromatic rings. The van der Waals surface area contributed by atoms with E-state index < -0.39 is 0 Å². The van der Waals surface area contributed by atoms with Crippen molar-refractivity contribution in [1.82, 2.24) is 0 Å². The van der Waals surface area contributed by atoms with Crippen LogP contribution in [0.25, 0.3) is 6.08 Å². The molecule has 1 rings (SSSR count). The Morgan fingerprint density at radius 3 is 2.53 bits per heavy atom. The zero-order valence-electron chi connectivity index (χ0n) is 9.06. The minimum absolute atomic E-state index is 0.754. The van der Waals surface area contributed by atoms with E-state index in [1.54, 1.807) is 14.2 Å². The SMILES string of the molecule is COc1ccc(C=CCCS)cc1OC. The minimum atomic E-state index is 0.754. The Bertz CT molecular complexity index is 334. The van der Waals surface area contributed by atoms with Gasteiger partial charge in [0.05, 0.1) is 14.2 Å². The normalized spacial score (nSPS) is 10.6. The van der Waals surface area contributed by atoms with Crippen LogP contribution in [0.3, 0.4) is 0 Å². The van der Waals surface area contributed by atoms with Crippen LogP contribution in [0, 0.1) is 0 Å². The van der Waals surface area contributed by atoms with E-state index >= 15 is 0 Å². The maximum Gasteiger partial charge on any atom is 0.161 e. The molecule has 0 aliphatic carbocycles. The topological polar surface area (TPSA) is 18.5 Å². The van der Waals surface area contributed by atoms with Crippen LogP contribution in [-0.4, -0.2) is 20.0 Å². The fourth-order valence-electron chi connectivity index (χ4n) is 1.25. The van der Waals surface area contributed by atoms with Gasteiger partial charge in [-0.2, -0.15) is 12.6 Å². The average Bonchev–Trinajstić information content (AvgIpc) is 2.29. The zero-order valence-corrected chi connectivity index (χ0v) is 9.96. The fourth-order valence-corrected chi connectivity index (χ4v) is 1.40. The van der Waals surface area contributed by atoms with Gasteiger partial charge < -0.3 is 9.47 Å². The van der Waals surface area contributed by atoms with Crippen molar-refractivity contribution in [2.45, 2.75) is 6.42 Å². The molecule has 0 aliphatic rings. The molecule has 0 heterocycles. The van der Waals surface area contributed by atoms with Gasteiger partial charge in [-0.05, 0) is 29.9 Å². The van der Waals surface area contributed by atoms with Crippen molar-refractivity contribution in [2.75, 3.05) is 20.0 Å². The Morgan fingerprint density at radius 2 is 1.93 bits per heavy atom. The molecule has 0 atom stereocenters. The van der Waals surface area contributed by atoms with E-state index in [0.29, 0.717) is 0 Å². The first-order valence-corrected chi connectivity index (χ1v) is 5.44. The Labute approximate surface area is 96.3 Å². The molecular weight excluding hydrogens is 208 g/mol. The molecule has 0 aliphatic heterocycles. The standard InChI is InChI=1S/C12H16O2S/c1-13-11-7-6-10(5-3-4-8-15)9-12(11)14-2/h3,5-7,9,15H,4,8H2,1-2H3. The van der Waals surface area contributed by atoms with Crippen molar-refractivity contribution < 1.29 is 9.47 Å². The van der Waals surface area contributed by atoms with Crippen LogP contribution in [0.15, 0.2) is 24.3 Å². The summed E-state index contributed by atoms with van der Waals surface area (Å²) >= 11 is 4.14. The van der Waals surface area contributed by atoms with Crippen LogP contribution in [0.2, 0.25) is 0 Å². The molecule has 15 heavy (non-hydrogen) atoms. The molecule has 1 aromatic carbocycles. The van der Waals surface area contributed by atoms with Gasteiger partial charge in [-0.1, -0.05) is 18.2 Å². The molecule has 82 valence electrons. The average molecular weight is 224 g/mol. The van der Waals surface area contributed by atoms with Crippen LogP contribution in [0.4, 0.5) is 0 Å². The minimum Gasteiger partial charge on any atom is -0.493 e. The Hall–Kier alpha value is -1.09. The second-order valence-electron chi connectivity index (χ2n) is 3.03. The molecule has 0 unspecified atom stereocenters. The first-order chi connectivity index (χ1) is 7.31. The van der Waals surface area contributed by atoms with Crippen molar-refractivity contribution in [3.05, 3.63) is 29.8 Å². The molecule has 2 nitrogen and oxygen atoms in total. The van der Waals surface area contributed by atoms with Gasteiger partial charge in [-0.15, -0.1) is 0 Å². The van der Waals surface area contributed by atoms with Crippen molar-refractivity contribution in [1.29, 1.82) is 0 Å². The Kier molecular flexibility index (Phi) is 5.12. The van der Waals surface area contributed by atoms with Gasteiger partial charge in [-0.3, -0.25) is 0 Å². The Morgan fingerprint density at radius 1 is 1.20 bits per heavy atom. The third-order valence-corrected chi connectivity index (χ3v) is 2.27. The second kappa shape index (κ2) is 6.40. The first kappa shape index (κ1) is 12.0. The van der Waals surface area contributed by atoms with E-state index in [0.717, 1.165) is 29.2 Å². The van der Waals surface area contributed by atoms with Gasteiger partial charge in [0, 0.05) is 0 Å². The van der Waals surface area contributed by atoms with E-state index in [-0.39, 0.29) is 0 Å². The van der Waals surface area contributed by atoms with Gasteiger partial charge in [-0.25, -0.2) is 0 Å². The van der Waals surface area contributed by atoms with E-state index in [1.165, 1.54) is 0 Å². The number of methoxy groups -OCH3 is 2. The summed E-state index contributed by atoms with van der Waals surface area (Å²) in [5.74, 6) is 2.37. The summed E-state index contributed by atoms with van der Waals surface area (Å²) in [6.45, 7) is 0. The van der Waals surface area contributed by atoms with E-state index in [4.69, 9.17) is 9.47 Å². The highest BCUT2D eigenvalue weighted by atomic mass is 32.1. The zero-order chi connectivity index (χ0) is 11.1. The lowest BCUT2D eigenvalue weighted by molar-refractivity contribution is 0.355. The summed E-state index contributed by atoms with van der Waals surface area (Å²) in [6, 6.07) is 5.85. The number of hydrogen-bond donors (Lipinski definition) is 1. The highest BCUT2D eigenvalue weighted by molar-refractivity contribution is 7.80. The molecule has 0 amide bonds. The fraction of sp³-hybridized carbons (Fsp3) is 0.333. The predicted molar refractivity (Wildman–Crippen MR) is 67.1 cm³/mol. The third kappa shape index (κ3) is 3.51. The Balaban J connectivity index is 2.83. The first-order valence-electron chi connectivity index (χ1n) is 4.81. The lowest BCUT2D eigenvalue weighted by Crippen LogP contribution is -1.90. The lowest BCUT2D eigenvalue weighted by Gasteiger charge is -2.07. The van der Waals surface area contributed by atoms with Crippen molar-refractivity contribution in [2.24, 2.45) is 0 Å². The number of benzene rings is 1. The molecule has 0 fully saturated rings. The molecule has 0 aromatic heterocycles.